The second-order valence-electron chi connectivity index (χ2n) is 2.56. The largest absolute Gasteiger partial charge is 0.480 e. The zero-order valence-electron chi connectivity index (χ0n) is 5.98. The molecule has 1 saturated carbocycles. The quantitative estimate of drug-likeness (QED) is 0.581. The summed E-state index contributed by atoms with van der Waals surface area (Å²) >= 11 is -2.19. The van der Waals surface area contributed by atoms with Gasteiger partial charge >= 0.3 is 5.97 Å². The zero-order chi connectivity index (χ0) is 8.65. The Hall–Kier alpha value is -0.460. The van der Waals surface area contributed by atoms with E-state index in [-0.39, 0.29) is 0 Å². The van der Waals surface area contributed by atoms with Gasteiger partial charge in [-0.15, -0.1) is 0 Å². The van der Waals surface area contributed by atoms with Gasteiger partial charge in [-0.05, 0) is 12.8 Å². The number of carbonyl (C=O) groups is 1. The van der Waals surface area contributed by atoms with E-state index in [2.05, 4.69) is 0 Å². The van der Waals surface area contributed by atoms with Crippen molar-refractivity contribution >= 4 is 17.2 Å². The van der Waals surface area contributed by atoms with Gasteiger partial charge in [-0.2, -0.15) is 4.31 Å². The Kier molecular flexibility index (Phi) is 2.00. The molecule has 0 aromatic carbocycles. The van der Waals surface area contributed by atoms with Crippen molar-refractivity contribution in [1.82, 2.24) is 4.31 Å². The number of carboxylic acid groups (broad SMARTS) is 1. The maximum Gasteiger partial charge on any atom is 0.325 e. The highest BCUT2D eigenvalue weighted by molar-refractivity contribution is 7.76. The summed E-state index contributed by atoms with van der Waals surface area (Å²) in [7, 11) is 1.33. The highest BCUT2D eigenvalue weighted by Gasteiger charge is 2.55. The first-order valence-electron chi connectivity index (χ1n) is 3.09. The van der Waals surface area contributed by atoms with Gasteiger partial charge in [0.1, 0.15) is 5.54 Å². The number of hydrogen-bond acceptors (Lipinski definition) is 2. The molecule has 1 atom stereocenters. The van der Waals surface area contributed by atoms with E-state index in [4.69, 9.17) is 9.66 Å². The van der Waals surface area contributed by atoms with Gasteiger partial charge in [0.05, 0.1) is 0 Å². The van der Waals surface area contributed by atoms with Gasteiger partial charge in [0.25, 0.3) is 0 Å². The number of likely N-dealkylation sites (N-methyl/N-ethyl adjacent to an activating group) is 1. The summed E-state index contributed by atoms with van der Waals surface area (Å²) in [5.41, 5.74) is -1.07. The van der Waals surface area contributed by atoms with Gasteiger partial charge < -0.3 is 5.11 Å². The molecule has 0 radical (unpaired) electrons. The van der Waals surface area contributed by atoms with Crippen LogP contribution in [-0.4, -0.2) is 36.7 Å². The third-order valence-corrected chi connectivity index (χ3v) is 2.78. The SMILES string of the molecule is CN(S(=O)O)C1(C(=O)O)CC1. The van der Waals surface area contributed by atoms with Crippen molar-refractivity contribution < 1.29 is 18.7 Å². The van der Waals surface area contributed by atoms with Gasteiger partial charge in [-0.25, -0.2) is 4.21 Å². The van der Waals surface area contributed by atoms with Crippen molar-refractivity contribution in [2.24, 2.45) is 0 Å². The summed E-state index contributed by atoms with van der Waals surface area (Å²) in [5.74, 6) is -1.03. The molecule has 0 aromatic rings. The Morgan fingerprint density at radius 1 is 1.64 bits per heavy atom. The van der Waals surface area contributed by atoms with Gasteiger partial charge in [-0.1, -0.05) is 0 Å². The molecule has 64 valence electrons. The molecule has 0 spiro atoms. The van der Waals surface area contributed by atoms with Crippen LogP contribution in [0.2, 0.25) is 0 Å². The van der Waals surface area contributed by atoms with Crippen LogP contribution in [0.1, 0.15) is 12.8 Å². The highest BCUT2D eigenvalue weighted by Crippen LogP contribution is 2.41. The van der Waals surface area contributed by atoms with E-state index in [9.17, 15) is 9.00 Å². The molecule has 0 aliphatic heterocycles. The molecular formula is C5H9NO4S. The minimum atomic E-state index is -2.19. The van der Waals surface area contributed by atoms with Crippen molar-refractivity contribution in [3.8, 4) is 0 Å². The Labute approximate surface area is 66.4 Å². The van der Waals surface area contributed by atoms with Gasteiger partial charge in [-0.3, -0.25) is 9.35 Å². The molecule has 11 heavy (non-hydrogen) atoms. The van der Waals surface area contributed by atoms with Crippen LogP contribution in [-0.2, 0) is 16.1 Å². The fourth-order valence-electron chi connectivity index (χ4n) is 0.931. The second-order valence-corrected chi connectivity index (χ2v) is 3.57. The first-order valence-corrected chi connectivity index (χ1v) is 4.15. The summed E-state index contributed by atoms with van der Waals surface area (Å²) in [6, 6.07) is 0. The maximum absolute atomic E-state index is 10.5. The molecule has 0 saturated heterocycles. The minimum absolute atomic E-state index is 0.450. The normalized spacial score (nSPS) is 23.2. The zero-order valence-corrected chi connectivity index (χ0v) is 6.80. The lowest BCUT2D eigenvalue weighted by molar-refractivity contribution is -0.142. The number of rotatable bonds is 3. The summed E-state index contributed by atoms with van der Waals surface area (Å²) in [4.78, 5) is 10.5. The Balaban J connectivity index is 2.73. The molecule has 1 unspecified atom stereocenters. The molecule has 0 amide bonds. The fourth-order valence-corrected chi connectivity index (χ4v) is 1.49. The van der Waals surface area contributed by atoms with Crippen LogP contribution in [0.5, 0.6) is 0 Å². The number of aliphatic carboxylic acids is 1. The van der Waals surface area contributed by atoms with Crippen LogP contribution in [0.4, 0.5) is 0 Å². The van der Waals surface area contributed by atoms with E-state index < -0.39 is 22.8 Å². The molecule has 2 N–H and O–H groups in total. The Morgan fingerprint density at radius 3 is 2.18 bits per heavy atom. The van der Waals surface area contributed by atoms with Gasteiger partial charge in [0, 0.05) is 7.05 Å². The lowest BCUT2D eigenvalue weighted by Gasteiger charge is -2.18. The van der Waals surface area contributed by atoms with Crippen molar-refractivity contribution in [3.05, 3.63) is 0 Å². The monoisotopic (exact) mass is 179 g/mol. The topological polar surface area (TPSA) is 77.8 Å². The lowest BCUT2D eigenvalue weighted by Crippen LogP contribution is -2.41. The Morgan fingerprint density at radius 2 is 2.09 bits per heavy atom. The minimum Gasteiger partial charge on any atom is -0.480 e. The second kappa shape index (κ2) is 2.54. The van der Waals surface area contributed by atoms with Crippen molar-refractivity contribution in [2.75, 3.05) is 7.05 Å². The van der Waals surface area contributed by atoms with E-state index in [1.54, 1.807) is 0 Å². The summed E-state index contributed by atoms with van der Waals surface area (Å²) in [5, 5.41) is 8.64. The molecule has 1 fully saturated rings. The maximum atomic E-state index is 10.5. The highest BCUT2D eigenvalue weighted by atomic mass is 32.2. The van der Waals surface area contributed by atoms with Crippen LogP contribution in [0, 0.1) is 0 Å². The third-order valence-electron chi connectivity index (χ3n) is 1.96. The van der Waals surface area contributed by atoms with Gasteiger partial charge in [0.2, 0.25) is 11.3 Å². The van der Waals surface area contributed by atoms with Crippen molar-refractivity contribution in [2.45, 2.75) is 18.4 Å². The molecule has 0 bridgehead atoms. The molecule has 6 heteroatoms. The van der Waals surface area contributed by atoms with Crippen molar-refractivity contribution in [1.29, 1.82) is 0 Å². The predicted octanol–water partition coefficient (Wildman–Crippen LogP) is -0.328. The first kappa shape index (κ1) is 8.63. The average molecular weight is 179 g/mol. The summed E-state index contributed by atoms with van der Waals surface area (Å²) < 4.78 is 20.0. The van der Waals surface area contributed by atoms with Crippen LogP contribution in [0.3, 0.4) is 0 Å². The van der Waals surface area contributed by atoms with Crippen LogP contribution >= 0.6 is 0 Å². The fraction of sp³-hybridized carbons (Fsp3) is 0.800. The van der Waals surface area contributed by atoms with Crippen molar-refractivity contribution in [3.63, 3.8) is 0 Å². The van der Waals surface area contributed by atoms with E-state index >= 15 is 0 Å². The average Bonchev–Trinajstić information content (AvgIpc) is 2.65. The van der Waals surface area contributed by atoms with E-state index in [1.807, 2.05) is 0 Å². The molecular weight excluding hydrogens is 170 g/mol. The smallest absolute Gasteiger partial charge is 0.325 e. The molecule has 0 aromatic heterocycles. The van der Waals surface area contributed by atoms with Crippen LogP contribution in [0.15, 0.2) is 0 Å². The van der Waals surface area contributed by atoms with Crippen LogP contribution in [0.25, 0.3) is 0 Å². The molecule has 5 nitrogen and oxygen atoms in total. The van der Waals surface area contributed by atoms with Gasteiger partial charge in [0.15, 0.2) is 0 Å². The molecule has 1 rings (SSSR count). The molecule has 1 aliphatic rings. The molecule has 0 heterocycles. The Bertz CT molecular complexity index is 213. The summed E-state index contributed by atoms with van der Waals surface area (Å²) in [6.45, 7) is 0. The van der Waals surface area contributed by atoms with E-state index in [0.29, 0.717) is 12.8 Å². The van der Waals surface area contributed by atoms with E-state index in [0.717, 1.165) is 4.31 Å². The standard InChI is InChI=1S/C5H9NO4S/c1-6(11(9)10)5(2-3-5)4(7)8/h2-3H2,1H3,(H,7,8)(H,9,10). The first-order chi connectivity index (χ1) is 5.00. The predicted molar refractivity (Wildman–Crippen MR) is 38.1 cm³/mol. The number of carboxylic acids is 1. The number of hydrogen-bond donors (Lipinski definition) is 2. The molecule has 1 aliphatic carbocycles. The summed E-state index contributed by atoms with van der Waals surface area (Å²) in [6.07, 6.45) is 0.899. The van der Waals surface area contributed by atoms with Crippen LogP contribution < -0.4 is 0 Å². The van der Waals surface area contributed by atoms with E-state index in [1.165, 1.54) is 7.05 Å². The third kappa shape index (κ3) is 1.29. The number of nitrogens with zero attached hydrogens (tertiary/aromatic N) is 1. The lowest BCUT2D eigenvalue weighted by atomic mass is 10.3.